The van der Waals surface area contributed by atoms with Crippen molar-refractivity contribution in [2.24, 2.45) is 11.8 Å². The molecule has 0 bridgehead atoms. The highest BCUT2D eigenvalue weighted by Gasteiger charge is 2.25. The average molecular weight is 203 g/mol. The standard InChI is InChI=1S/C13H17NO/c1-10-4-2-5-11(8-10)13(15)12-6-3-7-14-9-12/h3,6-7,9-11H,2,4-5,8H2,1H3. The van der Waals surface area contributed by atoms with Gasteiger partial charge in [-0.3, -0.25) is 9.78 Å². The monoisotopic (exact) mass is 203 g/mol. The highest BCUT2D eigenvalue weighted by atomic mass is 16.1. The third-order valence-electron chi connectivity index (χ3n) is 3.25. The minimum atomic E-state index is 0.234. The van der Waals surface area contributed by atoms with Crippen LogP contribution in [0.5, 0.6) is 0 Å². The van der Waals surface area contributed by atoms with Gasteiger partial charge in [-0.25, -0.2) is 0 Å². The Hall–Kier alpha value is -1.18. The Labute approximate surface area is 90.7 Å². The Balaban J connectivity index is 2.08. The van der Waals surface area contributed by atoms with Gasteiger partial charge in [-0.15, -0.1) is 0 Å². The molecule has 0 aliphatic heterocycles. The molecule has 0 saturated heterocycles. The summed E-state index contributed by atoms with van der Waals surface area (Å²) in [7, 11) is 0. The summed E-state index contributed by atoms with van der Waals surface area (Å²) in [5.74, 6) is 1.22. The second-order valence-electron chi connectivity index (χ2n) is 4.57. The molecular formula is C13H17NO. The van der Waals surface area contributed by atoms with Gasteiger partial charge in [-0.05, 0) is 30.9 Å². The lowest BCUT2D eigenvalue weighted by atomic mass is 9.79. The van der Waals surface area contributed by atoms with E-state index in [-0.39, 0.29) is 11.7 Å². The minimum absolute atomic E-state index is 0.234. The first-order chi connectivity index (χ1) is 7.27. The van der Waals surface area contributed by atoms with Crippen LogP contribution in [0, 0.1) is 11.8 Å². The summed E-state index contributed by atoms with van der Waals surface area (Å²) < 4.78 is 0. The average Bonchev–Trinajstić information content (AvgIpc) is 2.29. The Morgan fingerprint density at radius 1 is 1.47 bits per heavy atom. The van der Waals surface area contributed by atoms with E-state index in [1.54, 1.807) is 12.4 Å². The first-order valence-electron chi connectivity index (χ1n) is 5.71. The summed E-state index contributed by atoms with van der Waals surface area (Å²) in [6.45, 7) is 2.24. The summed E-state index contributed by atoms with van der Waals surface area (Å²) in [5, 5.41) is 0. The smallest absolute Gasteiger partial charge is 0.167 e. The zero-order valence-electron chi connectivity index (χ0n) is 9.15. The lowest BCUT2D eigenvalue weighted by molar-refractivity contribution is 0.0868. The molecule has 1 heterocycles. The minimum Gasteiger partial charge on any atom is -0.294 e. The number of rotatable bonds is 2. The van der Waals surface area contributed by atoms with E-state index < -0.39 is 0 Å². The summed E-state index contributed by atoms with van der Waals surface area (Å²) in [5.41, 5.74) is 0.775. The predicted octanol–water partition coefficient (Wildman–Crippen LogP) is 3.09. The highest BCUT2D eigenvalue weighted by molar-refractivity contribution is 5.97. The van der Waals surface area contributed by atoms with Crippen LogP contribution in [0.2, 0.25) is 0 Å². The molecule has 2 heteroatoms. The molecule has 1 aromatic heterocycles. The van der Waals surface area contributed by atoms with Gasteiger partial charge in [0.05, 0.1) is 0 Å². The van der Waals surface area contributed by atoms with Crippen molar-refractivity contribution >= 4 is 5.78 Å². The molecule has 1 fully saturated rings. The van der Waals surface area contributed by atoms with Crippen LogP contribution in [0.25, 0.3) is 0 Å². The van der Waals surface area contributed by atoms with Crippen LogP contribution in [0.4, 0.5) is 0 Å². The maximum Gasteiger partial charge on any atom is 0.167 e. The molecule has 2 atom stereocenters. The fourth-order valence-corrected chi connectivity index (χ4v) is 2.42. The van der Waals surface area contributed by atoms with Crippen LogP contribution >= 0.6 is 0 Å². The molecule has 2 unspecified atom stereocenters. The van der Waals surface area contributed by atoms with Crippen molar-refractivity contribution in [1.82, 2.24) is 4.98 Å². The number of ketones is 1. The molecule has 0 aromatic carbocycles. The fraction of sp³-hybridized carbons (Fsp3) is 0.538. The molecule has 80 valence electrons. The van der Waals surface area contributed by atoms with Crippen LogP contribution in [-0.2, 0) is 0 Å². The van der Waals surface area contributed by atoms with E-state index in [4.69, 9.17) is 0 Å². The molecule has 15 heavy (non-hydrogen) atoms. The molecule has 1 aliphatic rings. The zero-order chi connectivity index (χ0) is 10.7. The van der Waals surface area contributed by atoms with Gasteiger partial charge in [0.1, 0.15) is 0 Å². The van der Waals surface area contributed by atoms with Crippen LogP contribution < -0.4 is 0 Å². The molecular weight excluding hydrogens is 186 g/mol. The van der Waals surface area contributed by atoms with Crippen LogP contribution in [0.15, 0.2) is 24.5 Å². The maximum absolute atomic E-state index is 12.1. The molecule has 1 aromatic rings. The van der Waals surface area contributed by atoms with Crippen molar-refractivity contribution in [2.75, 3.05) is 0 Å². The second-order valence-corrected chi connectivity index (χ2v) is 4.57. The number of nitrogens with zero attached hydrogens (tertiary/aromatic N) is 1. The highest BCUT2D eigenvalue weighted by Crippen LogP contribution is 2.30. The number of Topliss-reactive ketones (excluding diaryl/α,β-unsaturated/α-hetero) is 1. The number of pyridine rings is 1. The first-order valence-corrected chi connectivity index (χ1v) is 5.71. The molecule has 1 saturated carbocycles. The number of hydrogen-bond acceptors (Lipinski definition) is 2. The van der Waals surface area contributed by atoms with Crippen LogP contribution in [0.1, 0.15) is 43.0 Å². The van der Waals surface area contributed by atoms with Gasteiger partial charge in [0.25, 0.3) is 0 Å². The number of carbonyl (C=O) groups excluding carboxylic acids is 1. The van der Waals surface area contributed by atoms with Crippen molar-refractivity contribution in [3.05, 3.63) is 30.1 Å². The number of hydrogen-bond donors (Lipinski definition) is 0. The molecule has 2 rings (SSSR count). The van der Waals surface area contributed by atoms with Gasteiger partial charge in [0.15, 0.2) is 5.78 Å². The Bertz CT molecular complexity index is 334. The topological polar surface area (TPSA) is 30.0 Å². The van der Waals surface area contributed by atoms with Crippen molar-refractivity contribution in [3.8, 4) is 0 Å². The van der Waals surface area contributed by atoms with E-state index in [9.17, 15) is 4.79 Å². The third-order valence-corrected chi connectivity index (χ3v) is 3.25. The predicted molar refractivity (Wildman–Crippen MR) is 59.7 cm³/mol. The summed E-state index contributed by atoms with van der Waals surface area (Å²) in [6, 6.07) is 3.70. The van der Waals surface area contributed by atoms with Crippen LogP contribution in [0.3, 0.4) is 0 Å². The second kappa shape index (κ2) is 4.56. The molecule has 0 spiro atoms. The van der Waals surface area contributed by atoms with Gasteiger partial charge in [-0.2, -0.15) is 0 Å². The SMILES string of the molecule is CC1CCCC(C(=O)c2cccnc2)C1. The van der Waals surface area contributed by atoms with Gasteiger partial charge < -0.3 is 0 Å². The Morgan fingerprint density at radius 2 is 2.33 bits per heavy atom. The van der Waals surface area contributed by atoms with Gasteiger partial charge in [-0.1, -0.05) is 19.8 Å². The van der Waals surface area contributed by atoms with E-state index in [2.05, 4.69) is 11.9 Å². The summed E-state index contributed by atoms with van der Waals surface area (Å²) in [6.07, 6.45) is 7.96. The van der Waals surface area contributed by atoms with E-state index in [0.717, 1.165) is 18.4 Å². The van der Waals surface area contributed by atoms with Gasteiger partial charge in [0, 0.05) is 23.9 Å². The summed E-state index contributed by atoms with van der Waals surface area (Å²) in [4.78, 5) is 16.1. The van der Waals surface area contributed by atoms with E-state index in [1.807, 2.05) is 12.1 Å². The molecule has 2 nitrogen and oxygen atoms in total. The van der Waals surface area contributed by atoms with Crippen molar-refractivity contribution < 1.29 is 4.79 Å². The molecule has 0 amide bonds. The van der Waals surface area contributed by atoms with Crippen LogP contribution in [-0.4, -0.2) is 10.8 Å². The molecule has 0 N–H and O–H groups in total. The van der Waals surface area contributed by atoms with Gasteiger partial charge in [0.2, 0.25) is 0 Å². The lowest BCUT2D eigenvalue weighted by Gasteiger charge is -2.25. The lowest BCUT2D eigenvalue weighted by Crippen LogP contribution is -2.21. The first kappa shape index (κ1) is 10.3. The van der Waals surface area contributed by atoms with Crippen molar-refractivity contribution in [2.45, 2.75) is 32.6 Å². The number of aromatic nitrogens is 1. The van der Waals surface area contributed by atoms with E-state index in [0.29, 0.717) is 5.92 Å². The molecule has 0 radical (unpaired) electrons. The Kier molecular flexibility index (Phi) is 3.14. The quantitative estimate of drug-likeness (QED) is 0.691. The normalized spacial score (nSPS) is 26.2. The van der Waals surface area contributed by atoms with Crippen molar-refractivity contribution in [3.63, 3.8) is 0 Å². The third kappa shape index (κ3) is 2.44. The largest absolute Gasteiger partial charge is 0.294 e. The Morgan fingerprint density at radius 3 is 3.00 bits per heavy atom. The molecule has 1 aliphatic carbocycles. The van der Waals surface area contributed by atoms with Crippen molar-refractivity contribution in [1.29, 1.82) is 0 Å². The van der Waals surface area contributed by atoms with E-state index in [1.165, 1.54) is 12.8 Å². The summed E-state index contributed by atoms with van der Waals surface area (Å²) >= 11 is 0. The zero-order valence-corrected chi connectivity index (χ0v) is 9.15. The number of carbonyl (C=O) groups is 1. The fourth-order valence-electron chi connectivity index (χ4n) is 2.42. The maximum atomic E-state index is 12.1. The van der Waals surface area contributed by atoms with E-state index >= 15 is 0 Å². The van der Waals surface area contributed by atoms with Gasteiger partial charge >= 0.3 is 0 Å².